The van der Waals surface area contributed by atoms with Gasteiger partial charge in [0.15, 0.2) is 11.5 Å². The summed E-state index contributed by atoms with van der Waals surface area (Å²) >= 11 is 11.8. The number of nitrogens with zero attached hydrogens (tertiary/aromatic N) is 4. The maximum atomic E-state index is 15.1. The number of anilines is 1. The van der Waals surface area contributed by atoms with Gasteiger partial charge in [0.05, 0.1) is 21.3 Å². The fourth-order valence-corrected chi connectivity index (χ4v) is 4.24. The van der Waals surface area contributed by atoms with E-state index in [4.69, 9.17) is 32.8 Å². The van der Waals surface area contributed by atoms with Crippen molar-refractivity contribution >= 4 is 35.3 Å². The molecule has 1 saturated heterocycles. The van der Waals surface area contributed by atoms with Gasteiger partial charge >= 0.3 is 0 Å². The summed E-state index contributed by atoms with van der Waals surface area (Å²) in [6.07, 6.45) is 2.65. The molecule has 0 unspecified atom stereocenters. The molecule has 0 bridgehead atoms. The van der Waals surface area contributed by atoms with E-state index in [9.17, 15) is 13.6 Å². The Morgan fingerprint density at radius 1 is 1.25 bits per heavy atom. The number of rotatable bonds is 6. The maximum Gasteiger partial charge on any atom is 0.271 e. The molecule has 0 spiro atoms. The van der Waals surface area contributed by atoms with Crippen molar-refractivity contribution < 1.29 is 27.6 Å². The number of aliphatic hydroxyl groups is 1. The lowest BCUT2D eigenvalue weighted by molar-refractivity contribution is -0.105. The Morgan fingerprint density at radius 2 is 1.94 bits per heavy atom. The fourth-order valence-electron chi connectivity index (χ4n) is 3.56. The van der Waals surface area contributed by atoms with Crippen LogP contribution in [0.1, 0.15) is 36.8 Å². The minimum Gasteiger partial charge on any atom is -0.388 e. The lowest BCUT2D eigenvalue weighted by Crippen LogP contribution is -2.38. The molecule has 36 heavy (non-hydrogen) atoms. The molecule has 13 heteroatoms. The number of aromatic nitrogens is 3. The minimum absolute atomic E-state index is 0.0654. The van der Waals surface area contributed by atoms with E-state index in [1.807, 2.05) is 7.05 Å². The molecule has 194 valence electrons. The van der Waals surface area contributed by atoms with E-state index in [2.05, 4.69) is 25.3 Å². The third kappa shape index (κ3) is 6.73. The second-order valence-corrected chi connectivity index (χ2v) is 9.16. The molecule has 0 radical (unpaired) electrons. The second-order valence-electron chi connectivity index (χ2n) is 8.34. The number of aliphatic hydroxyl groups excluding tert-OH is 1. The van der Waals surface area contributed by atoms with Gasteiger partial charge in [-0.15, -0.1) is 0 Å². The van der Waals surface area contributed by atoms with Crippen LogP contribution in [0.2, 0.25) is 10.0 Å². The van der Waals surface area contributed by atoms with Crippen LogP contribution in [-0.4, -0.2) is 51.7 Å². The van der Waals surface area contributed by atoms with E-state index in [0.29, 0.717) is 43.6 Å². The highest BCUT2D eigenvalue weighted by Gasteiger charge is 2.38. The molecule has 2 N–H and O–H groups in total. The van der Waals surface area contributed by atoms with Crippen molar-refractivity contribution in [2.45, 2.75) is 38.0 Å². The number of hydrogen-bond donors (Lipinski definition) is 2. The molecule has 3 heterocycles. The molecule has 1 aliphatic heterocycles. The molecule has 2 aromatic heterocycles. The Hall–Kier alpha value is -2.73. The number of amides is 1. The molecule has 1 aliphatic rings. The first kappa shape index (κ1) is 27.9. The van der Waals surface area contributed by atoms with Crippen LogP contribution in [0, 0.1) is 0 Å². The Bertz CT molecular complexity index is 1200. The first-order valence-electron chi connectivity index (χ1n) is 10.8. The van der Waals surface area contributed by atoms with Gasteiger partial charge < -0.3 is 19.8 Å². The zero-order valence-corrected chi connectivity index (χ0v) is 21.0. The number of likely N-dealkylation sites (tertiary alicyclic amines) is 1. The average Bonchev–Trinajstić information content (AvgIpc) is 3.30. The number of benzene rings is 1. The van der Waals surface area contributed by atoms with E-state index in [1.54, 1.807) is 6.07 Å². The fraction of sp³-hybridized carbons (Fsp3) is 0.391. The predicted molar refractivity (Wildman–Crippen MR) is 129 cm³/mol. The SMILES string of the molecule is CC(F)(F)c1ccc(NC=O)cc1Cl.CN1CCC(F)(c2ncc(-c3nc(CO)no3)cc2Cl)CC1. The van der Waals surface area contributed by atoms with Gasteiger partial charge in [0, 0.05) is 37.5 Å². The smallest absolute Gasteiger partial charge is 0.271 e. The third-order valence-electron chi connectivity index (χ3n) is 5.57. The zero-order valence-electron chi connectivity index (χ0n) is 19.4. The first-order valence-corrected chi connectivity index (χ1v) is 11.6. The van der Waals surface area contributed by atoms with Crippen molar-refractivity contribution in [2.24, 2.45) is 0 Å². The molecule has 8 nitrogen and oxygen atoms in total. The van der Waals surface area contributed by atoms with Gasteiger partial charge in [-0.2, -0.15) is 4.98 Å². The highest BCUT2D eigenvalue weighted by molar-refractivity contribution is 6.32. The van der Waals surface area contributed by atoms with Crippen LogP contribution in [0.3, 0.4) is 0 Å². The number of alkyl halides is 3. The van der Waals surface area contributed by atoms with Gasteiger partial charge in [0.2, 0.25) is 6.41 Å². The van der Waals surface area contributed by atoms with Crippen LogP contribution in [0.25, 0.3) is 11.5 Å². The number of nitrogens with one attached hydrogen (secondary N) is 1. The lowest BCUT2D eigenvalue weighted by atomic mass is 9.89. The largest absolute Gasteiger partial charge is 0.388 e. The summed E-state index contributed by atoms with van der Waals surface area (Å²) in [5, 5.41) is 15.0. The van der Waals surface area contributed by atoms with Gasteiger partial charge in [-0.1, -0.05) is 28.4 Å². The Labute approximate surface area is 215 Å². The minimum atomic E-state index is -2.98. The van der Waals surface area contributed by atoms with Crippen molar-refractivity contribution in [3.63, 3.8) is 0 Å². The van der Waals surface area contributed by atoms with E-state index in [1.165, 1.54) is 24.4 Å². The van der Waals surface area contributed by atoms with Gasteiger partial charge in [0.1, 0.15) is 6.61 Å². The van der Waals surface area contributed by atoms with Crippen LogP contribution < -0.4 is 5.32 Å². The predicted octanol–water partition coefficient (Wildman–Crippen LogP) is 5.19. The van der Waals surface area contributed by atoms with Crippen molar-refractivity contribution in [1.82, 2.24) is 20.0 Å². The average molecular weight is 546 g/mol. The number of carbonyl (C=O) groups excluding carboxylic acids is 1. The van der Waals surface area contributed by atoms with Crippen molar-refractivity contribution in [3.05, 3.63) is 57.6 Å². The highest BCUT2D eigenvalue weighted by Crippen LogP contribution is 2.40. The van der Waals surface area contributed by atoms with Crippen LogP contribution in [0.4, 0.5) is 18.9 Å². The summed E-state index contributed by atoms with van der Waals surface area (Å²) in [4.78, 5) is 20.3. The molecule has 0 aliphatic carbocycles. The first-order chi connectivity index (χ1) is 17.0. The summed E-state index contributed by atoms with van der Waals surface area (Å²) in [5.41, 5.74) is -0.619. The molecule has 1 amide bonds. The molecule has 4 rings (SSSR count). The second kappa shape index (κ2) is 11.5. The summed E-state index contributed by atoms with van der Waals surface area (Å²) in [7, 11) is 1.96. The molecule has 3 aromatic rings. The van der Waals surface area contributed by atoms with E-state index in [0.717, 1.165) is 6.92 Å². The number of piperidine rings is 1. The summed E-state index contributed by atoms with van der Waals surface area (Å²) < 4.78 is 45.8. The highest BCUT2D eigenvalue weighted by atomic mass is 35.5. The topological polar surface area (TPSA) is 104 Å². The van der Waals surface area contributed by atoms with Gasteiger partial charge in [0.25, 0.3) is 11.8 Å². The normalized spacial score (nSPS) is 15.7. The molecule has 0 saturated carbocycles. The third-order valence-corrected chi connectivity index (χ3v) is 6.17. The van der Waals surface area contributed by atoms with E-state index in [-0.39, 0.29) is 39.6 Å². The number of carbonyl (C=O) groups is 1. The van der Waals surface area contributed by atoms with E-state index < -0.39 is 11.6 Å². The molecule has 1 aromatic carbocycles. The zero-order chi connectivity index (χ0) is 26.5. The van der Waals surface area contributed by atoms with Crippen molar-refractivity contribution in [1.29, 1.82) is 0 Å². The Balaban J connectivity index is 0.000000223. The number of halogens is 5. The summed E-state index contributed by atoms with van der Waals surface area (Å²) in [6.45, 7) is 1.78. The lowest BCUT2D eigenvalue weighted by Gasteiger charge is -2.34. The Morgan fingerprint density at radius 3 is 2.47 bits per heavy atom. The van der Waals surface area contributed by atoms with E-state index >= 15 is 4.39 Å². The monoisotopic (exact) mass is 545 g/mol. The maximum absolute atomic E-state index is 15.1. The molecular weight excluding hydrogens is 522 g/mol. The van der Waals surface area contributed by atoms with Gasteiger partial charge in [-0.25, -0.2) is 13.2 Å². The Kier molecular flexibility index (Phi) is 8.93. The quantitative estimate of drug-likeness (QED) is 0.411. The van der Waals surface area contributed by atoms with Crippen LogP contribution >= 0.6 is 23.2 Å². The van der Waals surface area contributed by atoms with Crippen molar-refractivity contribution in [3.8, 4) is 11.5 Å². The molecule has 1 fully saturated rings. The van der Waals surface area contributed by atoms with Crippen molar-refractivity contribution in [2.75, 3.05) is 25.5 Å². The number of pyridine rings is 1. The standard InChI is InChI=1S/C14H16ClFN4O2.C9H8ClF2NO/c1-20-4-2-14(16,3-5-20)12-10(15)6-9(7-17-12)13-18-11(8-21)19-22-13;1-9(11,12)7-3-2-6(13-5-14)4-8(7)10/h6-7,21H,2-5,8H2,1H3;2-5H,1H3,(H,13,14). The van der Waals surface area contributed by atoms with Gasteiger partial charge in [-0.3, -0.25) is 9.78 Å². The van der Waals surface area contributed by atoms with Gasteiger partial charge in [-0.05, 0) is 44.2 Å². The van der Waals surface area contributed by atoms with Crippen LogP contribution in [0.5, 0.6) is 0 Å². The van der Waals surface area contributed by atoms with Crippen LogP contribution in [-0.2, 0) is 23.0 Å². The summed E-state index contributed by atoms with van der Waals surface area (Å²) in [6, 6.07) is 5.40. The number of hydrogen-bond acceptors (Lipinski definition) is 7. The molecule has 0 atom stereocenters. The summed E-state index contributed by atoms with van der Waals surface area (Å²) in [5.74, 6) is -2.61. The van der Waals surface area contributed by atoms with Crippen LogP contribution in [0.15, 0.2) is 35.0 Å². The molecular formula is C23H24Cl2F3N5O3.